The second-order valence-electron chi connectivity index (χ2n) is 6.00. The van der Waals surface area contributed by atoms with Gasteiger partial charge in [-0.15, -0.1) is 5.10 Å². The van der Waals surface area contributed by atoms with Gasteiger partial charge in [0.2, 0.25) is 0 Å². The van der Waals surface area contributed by atoms with Crippen molar-refractivity contribution in [3.8, 4) is 5.69 Å². The number of amides is 1. The Labute approximate surface area is 144 Å². The molecule has 4 rings (SSSR count). The van der Waals surface area contributed by atoms with Gasteiger partial charge >= 0.3 is 0 Å². The lowest BCUT2D eigenvalue weighted by molar-refractivity contribution is 0.102. The van der Waals surface area contributed by atoms with Crippen molar-refractivity contribution in [2.24, 2.45) is 0 Å². The van der Waals surface area contributed by atoms with Crippen LogP contribution in [0.1, 0.15) is 34.6 Å². The van der Waals surface area contributed by atoms with Crippen LogP contribution in [0.15, 0.2) is 36.7 Å². The summed E-state index contributed by atoms with van der Waals surface area (Å²) in [5.41, 5.74) is 3.66. The van der Waals surface area contributed by atoms with Gasteiger partial charge in [0, 0.05) is 12.2 Å². The third-order valence-corrected chi connectivity index (χ3v) is 4.32. The van der Waals surface area contributed by atoms with Crippen LogP contribution in [-0.2, 0) is 19.6 Å². The van der Waals surface area contributed by atoms with Crippen LogP contribution in [0.3, 0.4) is 0 Å². The minimum atomic E-state index is -0.149. The molecule has 128 valence electrons. The highest BCUT2D eigenvalue weighted by atomic mass is 16.3. The second-order valence-corrected chi connectivity index (χ2v) is 6.00. The molecule has 25 heavy (non-hydrogen) atoms. The number of rotatable bonds is 4. The summed E-state index contributed by atoms with van der Waals surface area (Å²) in [6.07, 6.45) is 6.40. The van der Waals surface area contributed by atoms with Crippen molar-refractivity contribution in [2.75, 3.05) is 5.32 Å². The number of hydrogen-bond acceptors (Lipinski definition) is 5. The van der Waals surface area contributed by atoms with Gasteiger partial charge in [-0.05, 0) is 43.5 Å². The highest BCUT2D eigenvalue weighted by Crippen LogP contribution is 2.20. The number of carbonyl (C=O) groups is 1. The summed E-state index contributed by atoms with van der Waals surface area (Å²) in [5.74, 6) is -0.140. The Morgan fingerprint density at radius 3 is 2.84 bits per heavy atom. The summed E-state index contributed by atoms with van der Waals surface area (Å²) in [6, 6.07) is 7.28. The highest BCUT2D eigenvalue weighted by Gasteiger charge is 2.19. The Morgan fingerprint density at radius 2 is 2.08 bits per heavy atom. The minimum Gasteiger partial charge on any atom is -0.390 e. The summed E-state index contributed by atoms with van der Waals surface area (Å²) in [5, 5.41) is 24.0. The second kappa shape index (κ2) is 6.48. The van der Waals surface area contributed by atoms with E-state index in [-0.39, 0.29) is 12.5 Å². The molecule has 0 spiro atoms. The van der Waals surface area contributed by atoms with Crippen LogP contribution < -0.4 is 5.32 Å². The zero-order valence-electron chi connectivity index (χ0n) is 13.6. The van der Waals surface area contributed by atoms with Gasteiger partial charge in [-0.25, -0.2) is 4.68 Å². The third-order valence-electron chi connectivity index (χ3n) is 4.32. The van der Waals surface area contributed by atoms with E-state index in [4.69, 9.17) is 5.11 Å². The number of nitrogens with one attached hydrogen (secondary N) is 1. The molecule has 0 radical (unpaired) electrons. The number of aryl methyl sites for hydroxylation is 1. The molecule has 2 N–H and O–H groups in total. The van der Waals surface area contributed by atoms with Crippen molar-refractivity contribution in [1.29, 1.82) is 0 Å². The number of carbonyl (C=O) groups excluding carboxylic acids is 1. The molecule has 1 aliphatic heterocycles. The van der Waals surface area contributed by atoms with Crippen molar-refractivity contribution in [3.63, 3.8) is 0 Å². The Kier molecular flexibility index (Phi) is 4.02. The summed E-state index contributed by atoms with van der Waals surface area (Å²) in [4.78, 5) is 12.5. The van der Waals surface area contributed by atoms with Crippen LogP contribution in [-0.4, -0.2) is 35.8 Å². The Bertz CT molecular complexity index is 896. The first-order chi connectivity index (χ1) is 12.2. The number of anilines is 1. The largest absolute Gasteiger partial charge is 0.390 e. The topological polar surface area (TPSA) is 97.9 Å². The molecule has 1 amide bonds. The molecule has 8 heteroatoms. The fourth-order valence-corrected chi connectivity index (χ4v) is 3.00. The van der Waals surface area contributed by atoms with E-state index in [1.165, 1.54) is 0 Å². The molecule has 3 heterocycles. The lowest BCUT2D eigenvalue weighted by Gasteiger charge is -2.14. The fraction of sp³-hybridized carbons (Fsp3) is 0.294. The lowest BCUT2D eigenvalue weighted by atomic mass is 10.1. The first kappa shape index (κ1) is 15.5. The van der Waals surface area contributed by atoms with Crippen LogP contribution in [0, 0.1) is 0 Å². The molecule has 0 aliphatic carbocycles. The van der Waals surface area contributed by atoms with Crippen molar-refractivity contribution in [3.05, 3.63) is 53.6 Å². The van der Waals surface area contributed by atoms with Gasteiger partial charge in [0.15, 0.2) is 0 Å². The maximum absolute atomic E-state index is 12.5. The van der Waals surface area contributed by atoms with Gasteiger partial charge < -0.3 is 10.4 Å². The molecule has 3 aromatic rings. The summed E-state index contributed by atoms with van der Waals surface area (Å²) in [6.45, 7) is 0.731. The SMILES string of the molecule is O=C(Nc1ccc(-n2cc(CO)nn2)cc1)c1cnn2c1CCCC2. The van der Waals surface area contributed by atoms with E-state index in [9.17, 15) is 4.79 Å². The molecule has 8 nitrogen and oxygen atoms in total. The molecule has 0 bridgehead atoms. The van der Waals surface area contributed by atoms with Gasteiger partial charge in [0.25, 0.3) is 5.91 Å². The standard InChI is InChI=1S/C17H18N6O2/c24-11-13-10-23(21-20-13)14-6-4-12(5-7-14)19-17(25)15-9-18-22-8-2-1-3-16(15)22/h4-7,9-10,24H,1-3,8,11H2,(H,19,25). The van der Waals surface area contributed by atoms with Crippen molar-refractivity contribution < 1.29 is 9.90 Å². The summed E-state index contributed by atoms with van der Waals surface area (Å²) < 4.78 is 3.50. The van der Waals surface area contributed by atoms with Gasteiger partial charge in [-0.2, -0.15) is 5.10 Å². The van der Waals surface area contributed by atoms with Crippen LogP contribution in [0.4, 0.5) is 5.69 Å². The fourth-order valence-electron chi connectivity index (χ4n) is 3.00. The van der Waals surface area contributed by atoms with Gasteiger partial charge in [0.1, 0.15) is 5.69 Å². The zero-order chi connectivity index (χ0) is 17.2. The number of fused-ring (bicyclic) bond motifs is 1. The van der Waals surface area contributed by atoms with Crippen molar-refractivity contribution >= 4 is 11.6 Å². The van der Waals surface area contributed by atoms with E-state index in [2.05, 4.69) is 20.7 Å². The Morgan fingerprint density at radius 1 is 1.24 bits per heavy atom. The predicted molar refractivity (Wildman–Crippen MR) is 90.4 cm³/mol. The Balaban J connectivity index is 1.49. The third kappa shape index (κ3) is 3.03. The number of hydrogen-bond donors (Lipinski definition) is 2. The molecule has 0 saturated carbocycles. The van der Waals surface area contributed by atoms with Crippen molar-refractivity contribution in [2.45, 2.75) is 32.4 Å². The van der Waals surface area contributed by atoms with E-state index >= 15 is 0 Å². The van der Waals surface area contributed by atoms with Gasteiger partial charge in [-0.3, -0.25) is 9.48 Å². The number of aliphatic hydroxyl groups excluding tert-OH is 1. The molecule has 1 aliphatic rings. The number of nitrogens with zero attached hydrogens (tertiary/aromatic N) is 5. The first-order valence-corrected chi connectivity index (χ1v) is 8.23. The predicted octanol–water partition coefficient (Wildman–Crippen LogP) is 1.54. The first-order valence-electron chi connectivity index (χ1n) is 8.23. The van der Waals surface area contributed by atoms with E-state index in [1.54, 1.807) is 17.1 Å². The van der Waals surface area contributed by atoms with E-state index in [1.807, 2.05) is 28.9 Å². The Hall–Kier alpha value is -3.00. The van der Waals surface area contributed by atoms with Crippen LogP contribution in [0.2, 0.25) is 0 Å². The molecule has 1 aromatic carbocycles. The highest BCUT2D eigenvalue weighted by molar-refractivity contribution is 6.05. The monoisotopic (exact) mass is 338 g/mol. The summed E-state index contributed by atoms with van der Waals surface area (Å²) in [7, 11) is 0. The molecule has 0 unspecified atom stereocenters. The molecule has 2 aromatic heterocycles. The van der Waals surface area contributed by atoms with Gasteiger partial charge in [0.05, 0.1) is 35.9 Å². The normalized spacial score (nSPS) is 13.5. The average Bonchev–Trinajstić information content (AvgIpc) is 3.29. The van der Waals surface area contributed by atoms with Crippen LogP contribution in [0.5, 0.6) is 0 Å². The number of benzene rings is 1. The maximum atomic E-state index is 12.5. The molecule has 0 atom stereocenters. The van der Waals surface area contributed by atoms with Crippen LogP contribution >= 0.6 is 0 Å². The smallest absolute Gasteiger partial charge is 0.259 e. The van der Waals surface area contributed by atoms with E-state index in [0.29, 0.717) is 16.9 Å². The quantitative estimate of drug-likeness (QED) is 0.752. The summed E-state index contributed by atoms with van der Waals surface area (Å²) >= 11 is 0. The average molecular weight is 338 g/mol. The van der Waals surface area contributed by atoms with E-state index in [0.717, 1.165) is 37.2 Å². The minimum absolute atomic E-state index is 0.140. The lowest BCUT2D eigenvalue weighted by Crippen LogP contribution is -2.17. The maximum Gasteiger partial charge on any atom is 0.259 e. The zero-order valence-corrected chi connectivity index (χ0v) is 13.6. The van der Waals surface area contributed by atoms with E-state index < -0.39 is 0 Å². The molecular weight excluding hydrogens is 320 g/mol. The van der Waals surface area contributed by atoms with Crippen molar-refractivity contribution in [1.82, 2.24) is 24.8 Å². The molecular formula is C17H18N6O2. The molecule has 0 saturated heterocycles. The number of aromatic nitrogens is 5. The molecule has 0 fully saturated rings. The van der Waals surface area contributed by atoms with Crippen LogP contribution in [0.25, 0.3) is 5.69 Å². The number of aliphatic hydroxyl groups is 1. The van der Waals surface area contributed by atoms with Gasteiger partial charge in [-0.1, -0.05) is 5.21 Å².